The molecule has 4 rings (SSSR count). The summed E-state index contributed by atoms with van der Waals surface area (Å²) in [6.07, 6.45) is 3.54. The molecule has 0 unspecified atom stereocenters. The van der Waals surface area contributed by atoms with Gasteiger partial charge in [0.1, 0.15) is 0 Å². The van der Waals surface area contributed by atoms with E-state index in [9.17, 15) is 4.79 Å². The van der Waals surface area contributed by atoms with Gasteiger partial charge in [-0.25, -0.2) is 4.79 Å². The quantitative estimate of drug-likeness (QED) is 0.789. The summed E-state index contributed by atoms with van der Waals surface area (Å²) in [6, 6.07) is 4.00. The minimum Gasteiger partial charge on any atom is -0.323 e. The zero-order valence-corrected chi connectivity index (χ0v) is 13.6. The summed E-state index contributed by atoms with van der Waals surface area (Å²) in [5, 5.41) is 8.57. The number of aromatic nitrogens is 4. The summed E-state index contributed by atoms with van der Waals surface area (Å²) in [6.45, 7) is 3.62. The van der Waals surface area contributed by atoms with Crippen molar-refractivity contribution in [2.24, 2.45) is 0 Å². The Hall–Kier alpha value is -2.09. The maximum absolute atomic E-state index is 12.6. The van der Waals surface area contributed by atoms with E-state index >= 15 is 0 Å². The van der Waals surface area contributed by atoms with Gasteiger partial charge in [0.25, 0.3) is 0 Å². The number of hydrogen-bond acceptors (Lipinski definition) is 5. The zero-order valence-electron chi connectivity index (χ0n) is 12.8. The van der Waals surface area contributed by atoms with Crippen LogP contribution in [0.1, 0.15) is 5.82 Å². The topological polar surface area (TPSA) is 67.2 Å². The molecule has 120 valence electrons. The van der Waals surface area contributed by atoms with Crippen LogP contribution in [0.5, 0.6) is 0 Å². The van der Waals surface area contributed by atoms with Crippen molar-refractivity contribution in [1.29, 1.82) is 0 Å². The fourth-order valence-corrected chi connectivity index (χ4v) is 3.89. The lowest BCUT2D eigenvalue weighted by Gasteiger charge is -2.34. The monoisotopic (exact) mass is 330 g/mol. The third kappa shape index (κ3) is 2.78. The molecule has 7 nitrogen and oxygen atoms in total. The van der Waals surface area contributed by atoms with Gasteiger partial charge in [0, 0.05) is 55.6 Å². The molecule has 2 aliphatic heterocycles. The van der Waals surface area contributed by atoms with Crippen LogP contribution in [0.4, 0.5) is 4.79 Å². The van der Waals surface area contributed by atoms with Gasteiger partial charge in [0.2, 0.25) is 0 Å². The molecule has 0 aromatic carbocycles. The second-order valence-corrected chi connectivity index (χ2v) is 6.86. The summed E-state index contributed by atoms with van der Waals surface area (Å²) in [4.78, 5) is 20.6. The van der Waals surface area contributed by atoms with Gasteiger partial charge in [-0.15, -0.1) is 10.2 Å². The summed E-state index contributed by atoms with van der Waals surface area (Å²) in [7, 11) is 0. The normalized spacial score (nSPS) is 17.9. The minimum absolute atomic E-state index is 0.127. The van der Waals surface area contributed by atoms with Crippen LogP contribution in [0.2, 0.25) is 0 Å². The third-order valence-corrected chi connectivity index (χ3v) is 5.17. The van der Waals surface area contributed by atoms with Crippen LogP contribution in [0.3, 0.4) is 0 Å². The number of pyridine rings is 1. The van der Waals surface area contributed by atoms with Gasteiger partial charge in [0.05, 0.1) is 6.54 Å². The molecule has 0 spiro atoms. The number of nitrogens with zero attached hydrogens (tertiary/aromatic N) is 6. The van der Waals surface area contributed by atoms with Crippen molar-refractivity contribution in [3.05, 3.63) is 30.4 Å². The highest BCUT2D eigenvalue weighted by Crippen LogP contribution is 2.22. The second-order valence-electron chi connectivity index (χ2n) is 5.64. The average molecular weight is 330 g/mol. The molecule has 2 aliphatic rings. The first-order valence-corrected chi connectivity index (χ1v) is 8.92. The fraction of sp³-hybridized carbons (Fsp3) is 0.467. The van der Waals surface area contributed by atoms with Gasteiger partial charge in [-0.3, -0.25) is 4.98 Å². The van der Waals surface area contributed by atoms with E-state index < -0.39 is 0 Å². The van der Waals surface area contributed by atoms with E-state index in [1.54, 1.807) is 12.4 Å². The number of carbonyl (C=O) groups is 1. The van der Waals surface area contributed by atoms with Crippen molar-refractivity contribution in [2.45, 2.75) is 13.1 Å². The van der Waals surface area contributed by atoms with Crippen LogP contribution in [0.15, 0.2) is 24.5 Å². The number of fused-ring (bicyclic) bond motifs is 1. The molecule has 0 saturated carbocycles. The highest BCUT2D eigenvalue weighted by atomic mass is 32.2. The van der Waals surface area contributed by atoms with E-state index in [1.165, 1.54) is 0 Å². The van der Waals surface area contributed by atoms with Crippen molar-refractivity contribution in [3.8, 4) is 11.4 Å². The Kier molecular flexibility index (Phi) is 3.90. The van der Waals surface area contributed by atoms with Gasteiger partial charge in [-0.2, -0.15) is 11.8 Å². The van der Waals surface area contributed by atoms with Gasteiger partial charge in [0.15, 0.2) is 11.6 Å². The van der Waals surface area contributed by atoms with Crippen LogP contribution >= 0.6 is 11.8 Å². The molecule has 2 aromatic heterocycles. The summed E-state index contributed by atoms with van der Waals surface area (Å²) < 4.78 is 2.09. The molecule has 2 amide bonds. The van der Waals surface area contributed by atoms with Crippen LogP contribution in [0.25, 0.3) is 11.4 Å². The molecule has 0 atom stereocenters. The Morgan fingerprint density at radius 1 is 1.09 bits per heavy atom. The van der Waals surface area contributed by atoms with Crippen molar-refractivity contribution >= 4 is 17.8 Å². The summed E-state index contributed by atoms with van der Waals surface area (Å²) in [5.41, 5.74) is 0.957. The molecule has 0 N–H and O–H groups in total. The molecule has 0 bridgehead atoms. The molecular formula is C15H18N6OS. The van der Waals surface area contributed by atoms with E-state index in [0.717, 1.165) is 48.4 Å². The molecule has 0 radical (unpaired) electrons. The number of amides is 2. The number of thioether (sulfide) groups is 1. The standard InChI is InChI=1S/C15H18N6OS/c22-15(19-6-8-23-9-7-19)20-4-5-21-13(11-20)17-18-14(21)12-2-1-3-16-10-12/h1-3,10H,4-9,11H2. The number of hydrogen-bond donors (Lipinski definition) is 0. The number of carbonyl (C=O) groups excluding carboxylic acids is 1. The van der Waals surface area contributed by atoms with Crippen molar-refractivity contribution in [3.63, 3.8) is 0 Å². The van der Waals surface area contributed by atoms with Gasteiger partial charge >= 0.3 is 6.03 Å². The van der Waals surface area contributed by atoms with E-state index in [1.807, 2.05) is 33.7 Å². The van der Waals surface area contributed by atoms with Crippen molar-refractivity contribution in [1.82, 2.24) is 29.5 Å². The Morgan fingerprint density at radius 2 is 1.96 bits per heavy atom. The van der Waals surface area contributed by atoms with E-state index in [-0.39, 0.29) is 6.03 Å². The maximum atomic E-state index is 12.6. The lowest BCUT2D eigenvalue weighted by Crippen LogP contribution is -2.49. The largest absolute Gasteiger partial charge is 0.323 e. The van der Waals surface area contributed by atoms with E-state index in [4.69, 9.17) is 0 Å². The lowest BCUT2D eigenvalue weighted by molar-refractivity contribution is 0.144. The predicted octanol–water partition coefficient (Wildman–Crippen LogP) is 1.32. The SMILES string of the molecule is O=C(N1CCSCC1)N1CCn2c(nnc2-c2cccnc2)C1. The molecular weight excluding hydrogens is 312 g/mol. The first-order valence-electron chi connectivity index (χ1n) is 7.77. The average Bonchev–Trinajstić information content (AvgIpc) is 3.06. The number of rotatable bonds is 1. The Balaban J connectivity index is 1.52. The summed E-state index contributed by atoms with van der Waals surface area (Å²) >= 11 is 1.91. The van der Waals surface area contributed by atoms with E-state index in [2.05, 4.69) is 19.7 Å². The summed E-state index contributed by atoms with van der Waals surface area (Å²) in [5.74, 6) is 3.73. The Bertz CT molecular complexity index is 697. The van der Waals surface area contributed by atoms with Crippen molar-refractivity contribution < 1.29 is 4.79 Å². The third-order valence-electron chi connectivity index (χ3n) is 4.23. The smallest absolute Gasteiger partial charge is 0.320 e. The lowest BCUT2D eigenvalue weighted by atomic mass is 10.2. The van der Waals surface area contributed by atoms with Crippen LogP contribution < -0.4 is 0 Å². The van der Waals surface area contributed by atoms with Crippen molar-refractivity contribution in [2.75, 3.05) is 31.1 Å². The molecule has 0 aliphatic carbocycles. The second kappa shape index (κ2) is 6.19. The first-order chi connectivity index (χ1) is 11.3. The van der Waals surface area contributed by atoms with Crippen LogP contribution in [-0.4, -0.2) is 66.7 Å². The minimum atomic E-state index is 0.127. The molecule has 23 heavy (non-hydrogen) atoms. The van der Waals surface area contributed by atoms with E-state index in [0.29, 0.717) is 13.1 Å². The molecule has 1 saturated heterocycles. The van der Waals surface area contributed by atoms with Gasteiger partial charge in [-0.05, 0) is 12.1 Å². The molecule has 1 fully saturated rings. The number of urea groups is 1. The zero-order chi connectivity index (χ0) is 15.6. The molecule has 4 heterocycles. The maximum Gasteiger partial charge on any atom is 0.320 e. The fourth-order valence-electron chi connectivity index (χ4n) is 2.98. The van der Waals surface area contributed by atoms with Crippen LogP contribution in [0, 0.1) is 0 Å². The molecule has 8 heteroatoms. The van der Waals surface area contributed by atoms with Gasteiger partial charge in [-0.1, -0.05) is 0 Å². The molecule has 2 aromatic rings. The Labute approximate surface area is 138 Å². The van der Waals surface area contributed by atoms with Gasteiger partial charge < -0.3 is 14.4 Å². The first kappa shape index (κ1) is 14.5. The van der Waals surface area contributed by atoms with Crippen LogP contribution in [-0.2, 0) is 13.1 Å². The Morgan fingerprint density at radius 3 is 2.74 bits per heavy atom. The highest BCUT2D eigenvalue weighted by Gasteiger charge is 2.28. The predicted molar refractivity (Wildman–Crippen MR) is 88.0 cm³/mol. The highest BCUT2D eigenvalue weighted by molar-refractivity contribution is 7.99.